The molecular formula is C17H18ClFN2O3S. The van der Waals surface area contributed by atoms with Crippen molar-refractivity contribution in [1.29, 1.82) is 0 Å². The Balaban J connectivity index is 2.18. The van der Waals surface area contributed by atoms with E-state index in [1.807, 2.05) is 0 Å². The summed E-state index contributed by atoms with van der Waals surface area (Å²) in [6, 6.07) is 11.5. The zero-order chi connectivity index (χ0) is 18.4. The van der Waals surface area contributed by atoms with Crippen molar-refractivity contribution in [2.45, 2.75) is 18.2 Å². The lowest BCUT2D eigenvalue weighted by molar-refractivity contribution is -0.116. The molecule has 134 valence electrons. The van der Waals surface area contributed by atoms with Gasteiger partial charge in [-0.3, -0.25) is 4.79 Å². The lowest BCUT2D eigenvalue weighted by Gasteiger charge is -2.21. The second-order valence-corrected chi connectivity index (χ2v) is 7.67. The third-order valence-electron chi connectivity index (χ3n) is 3.38. The van der Waals surface area contributed by atoms with E-state index in [0.717, 1.165) is 10.4 Å². The number of nitrogens with one attached hydrogen (secondary N) is 1. The Kier molecular flexibility index (Phi) is 6.52. The van der Waals surface area contributed by atoms with Crippen molar-refractivity contribution in [3.8, 4) is 0 Å². The molecule has 0 bridgehead atoms. The van der Waals surface area contributed by atoms with E-state index in [4.69, 9.17) is 11.6 Å². The van der Waals surface area contributed by atoms with E-state index < -0.39 is 33.2 Å². The molecule has 0 aliphatic carbocycles. The lowest BCUT2D eigenvalue weighted by Crippen LogP contribution is -2.38. The van der Waals surface area contributed by atoms with Gasteiger partial charge in [-0.05, 0) is 42.8 Å². The summed E-state index contributed by atoms with van der Waals surface area (Å²) in [6.07, 6.45) is 0.488. The fraction of sp³-hybridized carbons (Fsp3) is 0.235. The Bertz CT molecular complexity index is 841. The van der Waals surface area contributed by atoms with E-state index in [2.05, 4.69) is 5.32 Å². The van der Waals surface area contributed by atoms with E-state index in [1.54, 1.807) is 31.2 Å². The van der Waals surface area contributed by atoms with Crippen molar-refractivity contribution in [2.75, 3.05) is 18.4 Å². The van der Waals surface area contributed by atoms with Crippen LogP contribution in [0.1, 0.15) is 13.3 Å². The Morgan fingerprint density at radius 2 is 1.80 bits per heavy atom. The highest BCUT2D eigenvalue weighted by molar-refractivity contribution is 7.89. The number of carbonyl (C=O) groups excluding carboxylic acids is 1. The minimum atomic E-state index is -4.11. The highest BCUT2D eigenvalue weighted by Crippen LogP contribution is 2.19. The van der Waals surface area contributed by atoms with Gasteiger partial charge in [0, 0.05) is 17.3 Å². The highest BCUT2D eigenvalue weighted by Gasteiger charge is 2.28. The largest absolute Gasteiger partial charge is 0.325 e. The maximum atomic E-state index is 13.9. The summed E-state index contributed by atoms with van der Waals surface area (Å²) >= 11 is 5.78. The first-order chi connectivity index (χ1) is 11.8. The average molecular weight is 385 g/mol. The minimum absolute atomic E-state index is 0.102. The van der Waals surface area contributed by atoms with Gasteiger partial charge in [0.25, 0.3) is 0 Å². The molecule has 0 saturated heterocycles. The molecule has 0 aliphatic heterocycles. The summed E-state index contributed by atoms with van der Waals surface area (Å²) in [4.78, 5) is 11.8. The predicted octanol–water partition coefficient (Wildman–Crippen LogP) is 3.52. The smallest absolute Gasteiger partial charge is 0.246 e. The quantitative estimate of drug-likeness (QED) is 0.794. The van der Waals surface area contributed by atoms with Gasteiger partial charge in [-0.25, -0.2) is 12.8 Å². The molecule has 0 aliphatic rings. The molecule has 0 heterocycles. The molecule has 0 radical (unpaired) electrons. The van der Waals surface area contributed by atoms with Crippen LogP contribution in [-0.4, -0.2) is 31.7 Å². The predicted molar refractivity (Wildman–Crippen MR) is 95.5 cm³/mol. The second kappa shape index (κ2) is 8.42. The molecule has 25 heavy (non-hydrogen) atoms. The van der Waals surface area contributed by atoms with Crippen LogP contribution in [0.4, 0.5) is 10.1 Å². The maximum Gasteiger partial charge on any atom is 0.246 e. The molecule has 8 heteroatoms. The molecule has 2 aromatic rings. The summed E-state index contributed by atoms with van der Waals surface area (Å²) in [5.41, 5.74) is 0.495. The van der Waals surface area contributed by atoms with Gasteiger partial charge >= 0.3 is 0 Å². The zero-order valence-electron chi connectivity index (χ0n) is 13.6. The molecule has 2 rings (SSSR count). The molecule has 0 fully saturated rings. The maximum absolute atomic E-state index is 13.9. The Hall–Kier alpha value is -1.96. The first kappa shape index (κ1) is 19.4. The summed E-state index contributed by atoms with van der Waals surface area (Å²) in [5.74, 6) is -1.36. The van der Waals surface area contributed by atoms with E-state index in [0.29, 0.717) is 17.1 Å². The van der Waals surface area contributed by atoms with Crippen LogP contribution in [-0.2, 0) is 14.8 Å². The number of sulfonamides is 1. The van der Waals surface area contributed by atoms with Crippen LogP contribution < -0.4 is 5.32 Å². The van der Waals surface area contributed by atoms with Crippen molar-refractivity contribution in [1.82, 2.24) is 4.31 Å². The van der Waals surface area contributed by atoms with Crippen molar-refractivity contribution < 1.29 is 17.6 Å². The number of halogens is 2. The van der Waals surface area contributed by atoms with Crippen LogP contribution in [0.15, 0.2) is 53.4 Å². The van der Waals surface area contributed by atoms with Gasteiger partial charge in [-0.15, -0.1) is 0 Å². The van der Waals surface area contributed by atoms with Gasteiger partial charge in [0.2, 0.25) is 15.9 Å². The van der Waals surface area contributed by atoms with Gasteiger partial charge in [0.15, 0.2) is 0 Å². The van der Waals surface area contributed by atoms with Crippen molar-refractivity contribution in [3.05, 3.63) is 59.4 Å². The normalized spacial score (nSPS) is 11.5. The number of carbonyl (C=O) groups is 1. The molecule has 0 saturated carbocycles. The van der Waals surface area contributed by atoms with Crippen LogP contribution >= 0.6 is 11.6 Å². The molecule has 0 unspecified atom stereocenters. The van der Waals surface area contributed by atoms with Crippen molar-refractivity contribution in [2.24, 2.45) is 0 Å². The molecule has 0 aromatic heterocycles. The molecule has 0 atom stereocenters. The monoisotopic (exact) mass is 384 g/mol. The standard InChI is InChI=1S/C17H18ClFN2O3S/c1-2-11-21(25(23,24)16-6-4-3-5-15(16)19)12-17(22)20-14-9-7-13(18)8-10-14/h3-10H,2,11-12H2,1H3,(H,20,22). The van der Waals surface area contributed by atoms with Crippen LogP contribution in [0.2, 0.25) is 5.02 Å². The van der Waals surface area contributed by atoms with Crippen LogP contribution in [0, 0.1) is 5.82 Å². The number of benzene rings is 2. The number of hydrogen-bond acceptors (Lipinski definition) is 3. The molecule has 1 amide bonds. The minimum Gasteiger partial charge on any atom is -0.325 e. The van der Waals surface area contributed by atoms with Gasteiger partial charge < -0.3 is 5.32 Å². The molecule has 1 N–H and O–H groups in total. The highest BCUT2D eigenvalue weighted by atomic mass is 35.5. The molecule has 2 aromatic carbocycles. The summed E-state index contributed by atoms with van der Waals surface area (Å²) in [6.45, 7) is 1.47. The van der Waals surface area contributed by atoms with Crippen LogP contribution in [0.3, 0.4) is 0 Å². The lowest BCUT2D eigenvalue weighted by atomic mass is 10.3. The summed E-state index contributed by atoms with van der Waals surface area (Å²) in [7, 11) is -4.11. The summed E-state index contributed by atoms with van der Waals surface area (Å²) in [5, 5.41) is 3.12. The first-order valence-electron chi connectivity index (χ1n) is 7.64. The third kappa shape index (κ3) is 5.01. The Morgan fingerprint density at radius 1 is 1.16 bits per heavy atom. The fourth-order valence-corrected chi connectivity index (χ4v) is 3.90. The van der Waals surface area contributed by atoms with Crippen LogP contribution in [0.25, 0.3) is 0 Å². The van der Waals surface area contributed by atoms with E-state index in [-0.39, 0.29) is 6.54 Å². The van der Waals surface area contributed by atoms with E-state index >= 15 is 0 Å². The Labute approximate surface area is 151 Å². The number of anilines is 1. The Morgan fingerprint density at radius 3 is 2.40 bits per heavy atom. The van der Waals surface area contributed by atoms with E-state index in [1.165, 1.54) is 18.2 Å². The number of amides is 1. The van der Waals surface area contributed by atoms with Crippen molar-refractivity contribution in [3.63, 3.8) is 0 Å². The molecule has 0 spiro atoms. The number of rotatable bonds is 7. The van der Waals surface area contributed by atoms with Gasteiger partial charge in [0.05, 0.1) is 6.54 Å². The summed E-state index contributed by atoms with van der Waals surface area (Å²) < 4.78 is 40.2. The molecular weight excluding hydrogens is 367 g/mol. The van der Waals surface area contributed by atoms with Crippen LogP contribution in [0.5, 0.6) is 0 Å². The zero-order valence-corrected chi connectivity index (χ0v) is 15.1. The second-order valence-electron chi connectivity index (χ2n) is 5.32. The number of hydrogen-bond donors (Lipinski definition) is 1. The van der Waals surface area contributed by atoms with Gasteiger partial charge in [0.1, 0.15) is 10.7 Å². The average Bonchev–Trinajstić information content (AvgIpc) is 2.57. The SMILES string of the molecule is CCCN(CC(=O)Nc1ccc(Cl)cc1)S(=O)(=O)c1ccccc1F. The van der Waals surface area contributed by atoms with Gasteiger partial charge in [-0.2, -0.15) is 4.31 Å². The topological polar surface area (TPSA) is 66.5 Å². The molecule has 5 nitrogen and oxygen atoms in total. The first-order valence-corrected chi connectivity index (χ1v) is 9.46. The third-order valence-corrected chi connectivity index (χ3v) is 5.51. The van der Waals surface area contributed by atoms with Crippen molar-refractivity contribution >= 4 is 33.2 Å². The number of nitrogens with zero attached hydrogens (tertiary/aromatic N) is 1. The van der Waals surface area contributed by atoms with E-state index in [9.17, 15) is 17.6 Å². The van der Waals surface area contributed by atoms with Gasteiger partial charge in [-0.1, -0.05) is 30.7 Å². The fourth-order valence-electron chi connectivity index (χ4n) is 2.22.